The zero-order chi connectivity index (χ0) is 19.1. The summed E-state index contributed by atoms with van der Waals surface area (Å²) in [6, 6.07) is 11.8. The Morgan fingerprint density at radius 1 is 1.19 bits per heavy atom. The average molecular weight is 362 g/mol. The zero-order valence-corrected chi connectivity index (χ0v) is 14.1. The van der Waals surface area contributed by atoms with Gasteiger partial charge in [-0.15, -0.1) is 6.58 Å². The molecule has 1 amide bonds. The average Bonchev–Trinajstić information content (AvgIpc) is 2.95. The van der Waals surface area contributed by atoms with E-state index in [9.17, 15) is 19.7 Å². The maximum atomic E-state index is 13.1. The topological polar surface area (TPSA) is 93.7 Å². The molecule has 2 aromatic carbocycles. The SMILES string of the molecule is C=CCN1C(=O)c2oc3ccccc3c(=O)c2C1c1cccc([N+](=O)[O-])c1. The highest BCUT2D eigenvalue weighted by Gasteiger charge is 2.42. The van der Waals surface area contributed by atoms with Crippen LogP contribution in [0, 0.1) is 10.1 Å². The summed E-state index contributed by atoms with van der Waals surface area (Å²) in [5.74, 6) is -0.471. The predicted molar refractivity (Wildman–Crippen MR) is 98.7 cm³/mol. The monoisotopic (exact) mass is 362 g/mol. The number of non-ortho nitro benzene ring substituents is 1. The summed E-state index contributed by atoms with van der Waals surface area (Å²) in [5.41, 5.74) is 0.565. The van der Waals surface area contributed by atoms with Crippen molar-refractivity contribution in [3.8, 4) is 0 Å². The Bertz CT molecular complexity index is 1160. The number of carbonyl (C=O) groups is 1. The lowest BCUT2D eigenvalue weighted by atomic mass is 9.98. The van der Waals surface area contributed by atoms with Crippen LogP contribution in [0.15, 0.2) is 70.4 Å². The first kappa shape index (κ1) is 16.7. The molecule has 0 N–H and O–H groups in total. The highest BCUT2D eigenvalue weighted by Crippen LogP contribution is 2.38. The molecule has 0 saturated carbocycles. The Hall–Kier alpha value is -3.74. The Morgan fingerprint density at radius 3 is 2.70 bits per heavy atom. The number of rotatable bonds is 4. The molecule has 0 bridgehead atoms. The number of hydrogen-bond acceptors (Lipinski definition) is 5. The number of amides is 1. The fourth-order valence-corrected chi connectivity index (χ4v) is 3.45. The summed E-state index contributed by atoms with van der Waals surface area (Å²) < 4.78 is 5.74. The third-order valence-corrected chi connectivity index (χ3v) is 4.60. The standard InChI is InChI=1S/C20H14N2O5/c1-2-10-21-17(12-6-5-7-13(11-12)22(25)26)16-18(23)14-8-3-4-9-15(14)27-19(16)20(21)24/h2-9,11,17H,1,10H2. The first-order chi connectivity index (χ1) is 13.0. The Kier molecular flexibility index (Phi) is 3.84. The van der Waals surface area contributed by atoms with Crippen LogP contribution in [-0.2, 0) is 0 Å². The van der Waals surface area contributed by atoms with Gasteiger partial charge in [-0.2, -0.15) is 0 Å². The molecule has 27 heavy (non-hydrogen) atoms. The first-order valence-electron chi connectivity index (χ1n) is 8.25. The number of fused-ring (bicyclic) bond motifs is 2. The number of nitro groups is 1. The molecule has 134 valence electrons. The number of nitro benzene ring substituents is 1. The molecule has 1 aromatic heterocycles. The molecule has 3 aromatic rings. The van der Waals surface area contributed by atoms with Crippen LogP contribution in [0.3, 0.4) is 0 Å². The summed E-state index contributed by atoms with van der Waals surface area (Å²) in [5, 5.41) is 11.5. The molecule has 0 spiro atoms. The van der Waals surface area contributed by atoms with E-state index < -0.39 is 16.9 Å². The van der Waals surface area contributed by atoms with Crippen molar-refractivity contribution in [1.29, 1.82) is 0 Å². The lowest BCUT2D eigenvalue weighted by Crippen LogP contribution is -2.29. The Morgan fingerprint density at radius 2 is 1.96 bits per heavy atom. The largest absolute Gasteiger partial charge is 0.450 e. The predicted octanol–water partition coefficient (Wildman–Crippen LogP) is 3.43. The van der Waals surface area contributed by atoms with Gasteiger partial charge in [0.2, 0.25) is 5.76 Å². The third-order valence-electron chi connectivity index (χ3n) is 4.60. The highest BCUT2D eigenvalue weighted by atomic mass is 16.6. The molecular weight excluding hydrogens is 348 g/mol. The molecule has 1 atom stereocenters. The molecule has 0 radical (unpaired) electrons. The van der Waals surface area contributed by atoms with Crippen molar-refractivity contribution in [2.45, 2.75) is 6.04 Å². The van der Waals surface area contributed by atoms with Gasteiger partial charge in [-0.1, -0.05) is 30.3 Å². The first-order valence-corrected chi connectivity index (χ1v) is 8.25. The minimum atomic E-state index is -0.772. The van der Waals surface area contributed by atoms with Crippen molar-refractivity contribution in [2.24, 2.45) is 0 Å². The van der Waals surface area contributed by atoms with Gasteiger partial charge in [0.05, 0.1) is 21.9 Å². The van der Waals surface area contributed by atoms with Gasteiger partial charge in [-0.05, 0) is 17.7 Å². The summed E-state index contributed by atoms with van der Waals surface area (Å²) in [6.45, 7) is 3.83. The lowest BCUT2D eigenvalue weighted by molar-refractivity contribution is -0.384. The zero-order valence-electron chi connectivity index (χ0n) is 14.1. The van der Waals surface area contributed by atoms with E-state index in [2.05, 4.69) is 6.58 Å². The second-order valence-electron chi connectivity index (χ2n) is 6.17. The highest BCUT2D eigenvalue weighted by molar-refractivity contribution is 5.99. The van der Waals surface area contributed by atoms with Crippen LogP contribution in [0.2, 0.25) is 0 Å². The minimum Gasteiger partial charge on any atom is -0.450 e. The molecule has 7 nitrogen and oxygen atoms in total. The van der Waals surface area contributed by atoms with Crippen molar-refractivity contribution < 1.29 is 14.1 Å². The Labute approximate surface area is 153 Å². The molecule has 1 aliphatic heterocycles. The molecule has 4 rings (SSSR count). The van der Waals surface area contributed by atoms with E-state index in [-0.39, 0.29) is 29.0 Å². The van der Waals surface area contributed by atoms with Crippen molar-refractivity contribution >= 4 is 22.6 Å². The van der Waals surface area contributed by atoms with Gasteiger partial charge in [0.15, 0.2) is 5.43 Å². The summed E-state index contributed by atoms with van der Waals surface area (Å²) in [4.78, 5) is 38.1. The second-order valence-corrected chi connectivity index (χ2v) is 6.17. The van der Waals surface area contributed by atoms with E-state index in [0.717, 1.165) is 0 Å². The van der Waals surface area contributed by atoms with Gasteiger partial charge in [0.1, 0.15) is 5.58 Å². The fraction of sp³-hybridized carbons (Fsp3) is 0.100. The number of hydrogen-bond donors (Lipinski definition) is 0. The summed E-state index contributed by atoms with van der Waals surface area (Å²) in [6.07, 6.45) is 1.54. The number of benzene rings is 2. The Balaban J connectivity index is 2.01. The summed E-state index contributed by atoms with van der Waals surface area (Å²) in [7, 11) is 0. The third kappa shape index (κ3) is 2.52. The van der Waals surface area contributed by atoms with Crippen molar-refractivity contribution in [3.63, 3.8) is 0 Å². The maximum Gasteiger partial charge on any atom is 0.291 e. The van der Waals surface area contributed by atoms with Crippen molar-refractivity contribution in [1.82, 2.24) is 4.90 Å². The van der Waals surface area contributed by atoms with E-state index in [1.54, 1.807) is 36.4 Å². The van der Waals surface area contributed by atoms with E-state index in [1.807, 2.05) is 0 Å². The smallest absolute Gasteiger partial charge is 0.291 e. The molecule has 0 fully saturated rings. The van der Waals surface area contributed by atoms with Crippen LogP contribution >= 0.6 is 0 Å². The van der Waals surface area contributed by atoms with Crippen LogP contribution in [-0.4, -0.2) is 22.3 Å². The van der Waals surface area contributed by atoms with Crippen LogP contribution in [0.1, 0.15) is 27.7 Å². The normalized spacial score (nSPS) is 15.8. The van der Waals surface area contributed by atoms with E-state index in [0.29, 0.717) is 16.5 Å². The molecule has 1 unspecified atom stereocenters. The van der Waals surface area contributed by atoms with E-state index in [4.69, 9.17) is 4.42 Å². The van der Waals surface area contributed by atoms with E-state index >= 15 is 0 Å². The van der Waals surface area contributed by atoms with Gasteiger partial charge < -0.3 is 9.32 Å². The molecule has 1 aliphatic rings. The quantitative estimate of drug-likeness (QED) is 0.403. The molecule has 7 heteroatoms. The van der Waals surface area contributed by atoms with Gasteiger partial charge in [-0.3, -0.25) is 19.7 Å². The van der Waals surface area contributed by atoms with Crippen LogP contribution in [0.4, 0.5) is 5.69 Å². The van der Waals surface area contributed by atoms with Crippen molar-refractivity contribution in [3.05, 3.63) is 98.4 Å². The number of carbonyl (C=O) groups excluding carboxylic acids is 1. The van der Waals surface area contributed by atoms with Gasteiger partial charge in [0.25, 0.3) is 11.6 Å². The summed E-state index contributed by atoms with van der Waals surface area (Å²) >= 11 is 0. The van der Waals surface area contributed by atoms with Gasteiger partial charge >= 0.3 is 0 Å². The fourth-order valence-electron chi connectivity index (χ4n) is 3.45. The molecular formula is C20H14N2O5. The lowest BCUT2D eigenvalue weighted by Gasteiger charge is -2.23. The van der Waals surface area contributed by atoms with Gasteiger partial charge in [-0.25, -0.2) is 0 Å². The van der Waals surface area contributed by atoms with Crippen LogP contribution < -0.4 is 5.43 Å². The van der Waals surface area contributed by atoms with Crippen molar-refractivity contribution in [2.75, 3.05) is 6.54 Å². The maximum absolute atomic E-state index is 13.1. The second kappa shape index (κ2) is 6.21. The van der Waals surface area contributed by atoms with E-state index in [1.165, 1.54) is 23.1 Å². The van der Waals surface area contributed by atoms with Crippen LogP contribution in [0.25, 0.3) is 11.0 Å². The van der Waals surface area contributed by atoms with Crippen LogP contribution in [0.5, 0.6) is 0 Å². The molecule has 0 saturated heterocycles. The molecule has 2 heterocycles. The number of para-hydroxylation sites is 1. The minimum absolute atomic E-state index is 0.0305. The number of nitrogens with zero attached hydrogens (tertiary/aromatic N) is 2. The van der Waals surface area contributed by atoms with Gasteiger partial charge in [0, 0.05) is 18.7 Å². The molecule has 0 aliphatic carbocycles.